The molecule has 5 nitrogen and oxygen atoms in total. The average molecular weight is 359 g/mol. The summed E-state index contributed by atoms with van der Waals surface area (Å²) in [4.78, 5) is 12.7. The molecule has 1 aliphatic heterocycles. The third-order valence-electron chi connectivity index (χ3n) is 4.49. The lowest BCUT2D eigenvalue weighted by Crippen LogP contribution is -2.64. The van der Waals surface area contributed by atoms with E-state index in [9.17, 15) is 13.2 Å². The minimum absolute atomic E-state index is 0.137. The minimum atomic E-state index is -3.66. The van der Waals surface area contributed by atoms with Gasteiger partial charge in [-0.1, -0.05) is 60.7 Å². The van der Waals surface area contributed by atoms with Gasteiger partial charge in [0.1, 0.15) is 0 Å². The van der Waals surface area contributed by atoms with Gasteiger partial charge in [0.15, 0.2) is 5.54 Å². The van der Waals surface area contributed by atoms with E-state index in [0.29, 0.717) is 24.1 Å². The number of ether oxygens (including phenoxy) is 1. The van der Waals surface area contributed by atoms with Crippen LogP contribution in [0.25, 0.3) is 0 Å². The normalized spacial score (nSPS) is 20.7. The van der Waals surface area contributed by atoms with Crippen molar-refractivity contribution < 1.29 is 17.9 Å². The van der Waals surface area contributed by atoms with E-state index in [1.54, 1.807) is 55.5 Å². The lowest BCUT2D eigenvalue weighted by molar-refractivity contribution is -0.162. The number of hydrogen-bond donors (Lipinski definition) is 0. The van der Waals surface area contributed by atoms with Crippen molar-refractivity contribution >= 4 is 16.0 Å². The first kappa shape index (κ1) is 17.6. The number of benzene rings is 2. The lowest BCUT2D eigenvalue weighted by atomic mass is 9.80. The van der Waals surface area contributed by atoms with Crippen LogP contribution in [0, 0.1) is 0 Å². The number of carbonyl (C=O) groups is 1. The third kappa shape index (κ3) is 3.19. The molecular formula is C19H21NO4S. The molecule has 2 aromatic carbocycles. The third-order valence-corrected chi connectivity index (χ3v) is 6.36. The van der Waals surface area contributed by atoms with Crippen molar-refractivity contribution in [3.05, 3.63) is 71.8 Å². The minimum Gasteiger partial charge on any atom is -0.464 e. The average Bonchev–Trinajstić information content (AvgIpc) is 2.55. The molecule has 25 heavy (non-hydrogen) atoms. The smallest absolute Gasteiger partial charge is 0.332 e. The van der Waals surface area contributed by atoms with Crippen LogP contribution in [0.2, 0.25) is 0 Å². The monoisotopic (exact) mass is 359 g/mol. The number of rotatable bonds is 6. The molecule has 0 N–H and O–H groups in total. The number of esters is 1. The van der Waals surface area contributed by atoms with Crippen LogP contribution in [0.4, 0.5) is 0 Å². The number of nitrogens with zero attached hydrogens (tertiary/aromatic N) is 1. The summed E-state index contributed by atoms with van der Waals surface area (Å²) in [7, 11) is -3.66. The highest BCUT2D eigenvalue weighted by Crippen LogP contribution is 2.44. The molecule has 0 aromatic heterocycles. The fourth-order valence-electron chi connectivity index (χ4n) is 3.24. The summed E-state index contributed by atoms with van der Waals surface area (Å²) in [5.41, 5.74) is 0.0850. The second kappa shape index (κ2) is 6.98. The predicted octanol–water partition coefficient (Wildman–Crippen LogP) is 2.68. The fourth-order valence-corrected chi connectivity index (χ4v) is 5.13. The summed E-state index contributed by atoms with van der Waals surface area (Å²) in [6.07, 6.45) is 0.421. The van der Waals surface area contributed by atoms with E-state index < -0.39 is 21.5 Å². The molecule has 1 aliphatic rings. The highest BCUT2D eigenvalue weighted by Gasteiger charge is 2.58. The van der Waals surface area contributed by atoms with Crippen LogP contribution >= 0.6 is 0 Å². The van der Waals surface area contributed by atoms with E-state index in [1.165, 1.54) is 4.31 Å². The van der Waals surface area contributed by atoms with Crippen LogP contribution in [-0.2, 0) is 30.8 Å². The van der Waals surface area contributed by atoms with E-state index in [-0.39, 0.29) is 12.4 Å². The summed E-state index contributed by atoms with van der Waals surface area (Å²) in [5, 5.41) is 0. The van der Waals surface area contributed by atoms with Crippen molar-refractivity contribution in [1.29, 1.82) is 0 Å². The first-order valence-electron chi connectivity index (χ1n) is 8.28. The van der Waals surface area contributed by atoms with E-state index >= 15 is 0 Å². The van der Waals surface area contributed by atoms with Crippen molar-refractivity contribution in [2.24, 2.45) is 0 Å². The van der Waals surface area contributed by atoms with Gasteiger partial charge in [0.25, 0.3) is 0 Å². The Morgan fingerprint density at radius 3 is 2.20 bits per heavy atom. The van der Waals surface area contributed by atoms with Crippen molar-refractivity contribution in [1.82, 2.24) is 4.31 Å². The Balaban J connectivity index is 1.98. The quantitative estimate of drug-likeness (QED) is 0.744. The Kier molecular flexibility index (Phi) is 4.92. The van der Waals surface area contributed by atoms with Gasteiger partial charge in [-0.3, -0.25) is 0 Å². The maximum atomic E-state index is 13.0. The van der Waals surface area contributed by atoms with E-state index in [0.717, 1.165) is 0 Å². The number of hydrogen-bond acceptors (Lipinski definition) is 4. The van der Waals surface area contributed by atoms with Gasteiger partial charge >= 0.3 is 5.97 Å². The highest BCUT2D eigenvalue weighted by molar-refractivity contribution is 7.88. The maximum Gasteiger partial charge on any atom is 0.332 e. The number of carbonyl (C=O) groups excluding carboxylic acids is 1. The van der Waals surface area contributed by atoms with E-state index in [1.807, 2.05) is 12.1 Å². The van der Waals surface area contributed by atoms with Crippen molar-refractivity contribution in [2.45, 2.75) is 24.6 Å². The van der Waals surface area contributed by atoms with Crippen molar-refractivity contribution in [2.75, 3.05) is 13.2 Å². The molecule has 1 atom stereocenters. The molecule has 1 fully saturated rings. The van der Waals surface area contributed by atoms with Crippen LogP contribution in [0.15, 0.2) is 60.7 Å². The van der Waals surface area contributed by atoms with Gasteiger partial charge in [0, 0.05) is 6.54 Å². The molecule has 6 heteroatoms. The standard InChI is InChI=1S/C19H21NO4S/c1-2-24-18(21)19(17-11-7-4-8-12-17)13-14-20(19)25(22,23)15-16-9-5-3-6-10-16/h3-12H,2,13-15H2,1H3. The second-order valence-electron chi connectivity index (χ2n) is 6.01. The van der Waals surface area contributed by atoms with Gasteiger partial charge < -0.3 is 4.74 Å². The molecule has 0 radical (unpaired) electrons. The molecule has 1 saturated heterocycles. The van der Waals surface area contributed by atoms with Gasteiger partial charge in [-0.05, 0) is 24.5 Å². The molecule has 0 amide bonds. The molecule has 0 bridgehead atoms. The molecule has 2 aromatic rings. The Morgan fingerprint density at radius 2 is 1.68 bits per heavy atom. The Labute approximate surface area is 148 Å². The van der Waals surface area contributed by atoms with Crippen LogP contribution in [0.3, 0.4) is 0 Å². The zero-order valence-electron chi connectivity index (χ0n) is 14.1. The Bertz CT molecular complexity index is 836. The van der Waals surface area contributed by atoms with Gasteiger partial charge in [0.05, 0.1) is 12.4 Å². The molecule has 1 unspecified atom stereocenters. The molecule has 0 saturated carbocycles. The summed E-state index contributed by atoms with van der Waals surface area (Å²) >= 11 is 0. The van der Waals surface area contributed by atoms with Gasteiger partial charge in [-0.25, -0.2) is 13.2 Å². The molecule has 3 rings (SSSR count). The summed E-state index contributed by atoms with van der Waals surface area (Å²) < 4.78 is 32.5. The topological polar surface area (TPSA) is 63.7 Å². The molecule has 1 heterocycles. The predicted molar refractivity (Wildman–Crippen MR) is 95.1 cm³/mol. The Hall–Kier alpha value is -2.18. The summed E-state index contributed by atoms with van der Waals surface area (Å²) in [5.74, 6) is -0.647. The van der Waals surface area contributed by atoms with Crippen LogP contribution in [-0.4, -0.2) is 31.8 Å². The summed E-state index contributed by atoms with van der Waals surface area (Å²) in [6.45, 7) is 2.24. The molecular weight excluding hydrogens is 338 g/mol. The van der Waals surface area contributed by atoms with E-state index in [4.69, 9.17) is 4.74 Å². The molecule has 0 spiro atoms. The summed E-state index contributed by atoms with van der Waals surface area (Å²) in [6, 6.07) is 18.0. The molecule has 0 aliphatic carbocycles. The maximum absolute atomic E-state index is 13.0. The van der Waals surface area contributed by atoms with Gasteiger partial charge in [-0.15, -0.1) is 0 Å². The lowest BCUT2D eigenvalue weighted by Gasteiger charge is -2.49. The largest absolute Gasteiger partial charge is 0.464 e. The van der Waals surface area contributed by atoms with Crippen LogP contribution in [0.1, 0.15) is 24.5 Å². The Morgan fingerprint density at radius 1 is 1.08 bits per heavy atom. The van der Waals surface area contributed by atoms with Crippen molar-refractivity contribution in [3.8, 4) is 0 Å². The zero-order chi connectivity index (χ0) is 17.9. The van der Waals surface area contributed by atoms with E-state index in [2.05, 4.69) is 0 Å². The SMILES string of the molecule is CCOC(=O)C1(c2ccccc2)CCN1S(=O)(=O)Cc1ccccc1. The fraction of sp³-hybridized carbons (Fsp3) is 0.316. The first-order valence-corrected chi connectivity index (χ1v) is 9.89. The zero-order valence-corrected chi connectivity index (χ0v) is 14.9. The van der Waals surface area contributed by atoms with Crippen LogP contribution in [0.5, 0.6) is 0 Å². The van der Waals surface area contributed by atoms with Gasteiger partial charge in [0.2, 0.25) is 10.0 Å². The van der Waals surface area contributed by atoms with Crippen molar-refractivity contribution in [3.63, 3.8) is 0 Å². The van der Waals surface area contributed by atoms with Gasteiger partial charge in [-0.2, -0.15) is 4.31 Å². The molecule has 132 valence electrons. The number of sulfonamides is 1. The first-order chi connectivity index (χ1) is 12.0. The highest BCUT2D eigenvalue weighted by atomic mass is 32.2. The van der Waals surface area contributed by atoms with Crippen LogP contribution < -0.4 is 0 Å². The second-order valence-corrected chi connectivity index (χ2v) is 7.90.